The Morgan fingerprint density at radius 3 is 2.17 bits per heavy atom. The van der Waals surface area contributed by atoms with Crippen molar-refractivity contribution in [2.45, 2.75) is 151 Å². The van der Waals surface area contributed by atoms with Crippen molar-refractivity contribution in [3.05, 3.63) is 35.9 Å². The van der Waals surface area contributed by atoms with E-state index in [0.717, 1.165) is 19.3 Å². The molecular weight excluding hydrogens is 959 g/mol. The van der Waals surface area contributed by atoms with Crippen LogP contribution in [0.1, 0.15) is 103 Å². The number of primary amides is 2. The summed E-state index contributed by atoms with van der Waals surface area (Å²) in [5.41, 5.74) is 22.4. The highest BCUT2D eigenvalue weighted by Gasteiger charge is 2.42. The largest absolute Gasteiger partial charge is 0.370 e. The molecule has 23 nitrogen and oxygen atoms in total. The lowest BCUT2D eigenvalue weighted by Crippen LogP contribution is -2.61. The Morgan fingerprint density at radius 2 is 1.52 bits per heavy atom. The highest BCUT2D eigenvalue weighted by atomic mass is 33.1. The van der Waals surface area contributed by atoms with Crippen LogP contribution in [0.15, 0.2) is 35.3 Å². The Morgan fingerprint density at radius 1 is 0.845 bits per heavy atom. The van der Waals surface area contributed by atoms with E-state index in [-0.39, 0.29) is 68.7 Å². The molecule has 1 spiro atoms. The SMILES string of the molecule is CC[C@H](C)[C@@H]1NC(=O)CC2(CCCCC2)SSC[C@@H](C(=O)N2CCC[C@@H]2C(=O)N[C@@H](CCCN=C(N)N)C(=O)NCC(N)=O)NC(=O)[C@H](CC(N)=O)NC(=O)[C@H](C)NC(=O)[C@@H](Cc2ccccc2)NC1=O. The molecule has 1 aromatic rings. The molecule has 0 radical (unpaired) electrons. The number of guanidine groups is 1. The van der Waals surface area contributed by atoms with Gasteiger partial charge in [-0.2, -0.15) is 0 Å². The first-order valence-electron chi connectivity index (χ1n) is 24.1. The van der Waals surface area contributed by atoms with Crippen molar-refractivity contribution in [3.63, 3.8) is 0 Å². The fourth-order valence-electron chi connectivity index (χ4n) is 8.63. The molecule has 15 N–H and O–H groups in total. The van der Waals surface area contributed by atoms with Gasteiger partial charge < -0.3 is 65.1 Å². The van der Waals surface area contributed by atoms with Gasteiger partial charge in [0.05, 0.1) is 13.0 Å². The first-order valence-corrected chi connectivity index (χ1v) is 26.4. The number of hydrogen-bond acceptors (Lipinski definition) is 13. The molecule has 1 aliphatic carbocycles. The van der Waals surface area contributed by atoms with Gasteiger partial charge in [0.2, 0.25) is 59.1 Å². The van der Waals surface area contributed by atoms with Crippen LogP contribution in [0, 0.1) is 5.92 Å². The fraction of sp³-hybridized carbons (Fsp3) is 0.630. The molecule has 4 rings (SSSR count). The molecule has 0 bridgehead atoms. The minimum absolute atomic E-state index is 0.0164. The number of likely N-dealkylation sites (tertiary alicyclic amines) is 1. The van der Waals surface area contributed by atoms with E-state index in [1.165, 1.54) is 33.4 Å². The molecule has 8 atom stereocenters. The molecule has 2 saturated heterocycles. The molecule has 1 aromatic carbocycles. The molecule has 0 aromatic heterocycles. The summed E-state index contributed by atoms with van der Waals surface area (Å²) in [7, 11) is 2.62. The summed E-state index contributed by atoms with van der Waals surface area (Å²) >= 11 is 0. The number of nitrogens with zero attached hydrogens (tertiary/aromatic N) is 2. The van der Waals surface area contributed by atoms with E-state index in [4.69, 9.17) is 22.9 Å². The van der Waals surface area contributed by atoms with Crippen molar-refractivity contribution in [1.29, 1.82) is 0 Å². The predicted molar refractivity (Wildman–Crippen MR) is 268 cm³/mol. The van der Waals surface area contributed by atoms with Gasteiger partial charge in [-0.1, -0.05) is 91.5 Å². The van der Waals surface area contributed by atoms with E-state index in [9.17, 15) is 47.9 Å². The van der Waals surface area contributed by atoms with E-state index >= 15 is 0 Å². The summed E-state index contributed by atoms with van der Waals surface area (Å²) in [6.07, 6.45) is 4.53. The van der Waals surface area contributed by atoms with Crippen molar-refractivity contribution in [3.8, 4) is 0 Å². The van der Waals surface area contributed by atoms with Crippen molar-refractivity contribution < 1.29 is 47.9 Å². The van der Waals surface area contributed by atoms with Gasteiger partial charge in [0.15, 0.2) is 5.96 Å². The molecule has 3 fully saturated rings. The monoisotopic (exact) mass is 1030 g/mol. The van der Waals surface area contributed by atoms with E-state index in [1.54, 1.807) is 30.3 Å². The van der Waals surface area contributed by atoms with Gasteiger partial charge in [0.25, 0.3) is 0 Å². The molecule has 25 heteroatoms. The maximum Gasteiger partial charge on any atom is 0.246 e. The van der Waals surface area contributed by atoms with E-state index in [0.29, 0.717) is 31.2 Å². The summed E-state index contributed by atoms with van der Waals surface area (Å²) in [5.74, 6) is -8.03. The Hall–Kier alpha value is -6.11. The summed E-state index contributed by atoms with van der Waals surface area (Å²) in [4.78, 5) is 141. The van der Waals surface area contributed by atoms with Gasteiger partial charge in [-0.15, -0.1) is 0 Å². The van der Waals surface area contributed by atoms with Crippen LogP contribution in [-0.2, 0) is 54.4 Å². The zero-order valence-electron chi connectivity index (χ0n) is 40.6. The molecule has 3 aliphatic rings. The van der Waals surface area contributed by atoms with Gasteiger partial charge in [0.1, 0.15) is 42.3 Å². The Labute approximate surface area is 421 Å². The van der Waals surface area contributed by atoms with Crippen LogP contribution in [0.25, 0.3) is 0 Å². The number of nitrogens with one attached hydrogen (secondary N) is 7. The van der Waals surface area contributed by atoms with Crippen molar-refractivity contribution in [2.24, 2.45) is 33.8 Å². The topological polar surface area (TPSA) is 375 Å². The lowest BCUT2D eigenvalue weighted by atomic mass is 9.85. The number of carbonyl (C=O) groups is 10. The molecule has 10 amide bonds. The third kappa shape index (κ3) is 18.2. The summed E-state index contributed by atoms with van der Waals surface area (Å²) in [5, 5.41) is 18.6. The zero-order valence-corrected chi connectivity index (χ0v) is 42.3. The van der Waals surface area contributed by atoms with Crippen molar-refractivity contribution >= 4 is 86.6 Å². The van der Waals surface area contributed by atoms with Gasteiger partial charge >= 0.3 is 0 Å². The normalized spacial score (nSPS) is 24.6. The van der Waals surface area contributed by atoms with Crippen molar-refractivity contribution in [1.82, 2.24) is 42.1 Å². The third-order valence-corrected chi connectivity index (χ3v) is 16.0. The van der Waals surface area contributed by atoms with E-state index in [1.807, 2.05) is 13.8 Å². The number of aliphatic imine (C=N–C) groups is 1. The van der Waals surface area contributed by atoms with Gasteiger partial charge in [-0.05, 0) is 56.9 Å². The second-order valence-electron chi connectivity index (χ2n) is 18.4. The fourth-order valence-corrected chi connectivity index (χ4v) is 12.0. The molecular formula is C46H71N13O10S2. The molecule has 71 heavy (non-hydrogen) atoms. The van der Waals surface area contributed by atoms with Crippen LogP contribution in [0.3, 0.4) is 0 Å². The second-order valence-corrected chi connectivity index (χ2v) is 21.2. The summed E-state index contributed by atoms with van der Waals surface area (Å²) in [6.45, 7) is 4.77. The molecule has 1 saturated carbocycles. The Kier molecular flexibility index (Phi) is 22.7. The molecule has 2 heterocycles. The minimum Gasteiger partial charge on any atom is -0.370 e. The number of amides is 10. The maximum atomic E-state index is 14.8. The van der Waals surface area contributed by atoms with Gasteiger partial charge in [-0.3, -0.25) is 52.9 Å². The molecule has 2 aliphatic heterocycles. The highest BCUT2D eigenvalue weighted by Crippen LogP contribution is 2.48. The molecule has 0 unspecified atom stereocenters. The first-order chi connectivity index (χ1) is 33.7. The predicted octanol–water partition coefficient (Wildman–Crippen LogP) is -1.79. The van der Waals surface area contributed by atoms with Crippen LogP contribution < -0.4 is 60.2 Å². The second kappa shape index (κ2) is 28.1. The highest BCUT2D eigenvalue weighted by molar-refractivity contribution is 8.77. The van der Waals surface area contributed by atoms with Crippen molar-refractivity contribution in [2.75, 3.05) is 25.4 Å². The van der Waals surface area contributed by atoms with Gasteiger partial charge in [0, 0.05) is 36.4 Å². The Balaban J connectivity index is 1.69. The third-order valence-electron chi connectivity index (χ3n) is 12.7. The number of nitrogens with two attached hydrogens (primary N) is 4. The smallest absolute Gasteiger partial charge is 0.246 e. The van der Waals surface area contributed by atoms with Crippen LogP contribution in [-0.4, -0.2) is 142 Å². The minimum atomic E-state index is -1.63. The van der Waals surface area contributed by atoms with Crippen LogP contribution in [0.2, 0.25) is 0 Å². The Bertz CT molecular complexity index is 2110. The van der Waals surface area contributed by atoms with Crippen LogP contribution in [0.4, 0.5) is 0 Å². The average Bonchev–Trinajstić information content (AvgIpc) is 3.82. The standard InChI is InChI=1S/C46H71N13O10S2/c1-4-26(2)37-43(68)56-30(21-28-13-7-5-8-14-28)40(65)53-27(3)38(63)55-31(22-34(47)60)41(66)57-32(25-70-71-46(23-36(62)58-37)17-9-6-10-18-46)44(69)59-20-12-16-33(59)42(67)54-29(15-11-19-51-45(49)50)39(64)52-24-35(48)61/h5,7-8,13-14,26-27,29-33,37H,4,6,9-12,15-25H2,1-3H3,(H2,47,60)(H2,48,61)(H,52,64)(H,53,65)(H,54,67)(H,55,63)(H,56,68)(H,57,66)(H,58,62)(H4,49,50,51)/t26-,27-,29-,30+,31-,32-,33+,37-/m0/s1. The number of rotatable bonds is 16. The first kappa shape index (κ1) is 57.5. The summed E-state index contributed by atoms with van der Waals surface area (Å²) < 4.78 is -0.655. The summed E-state index contributed by atoms with van der Waals surface area (Å²) in [6, 6.07) is 0.0475. The van der Waals surface area contributed by atoms with Crippen LogP contribution >= 0.6 is 21.6 Å². The lowest BCUT2D eigenvalue weighted by molar-refractivity contribution is -0.142. The molecule has 392 valence electrons. The van der Waals surface area contributed by atoms with Crippen LogP contribution in [0.5, 0.6) is 0 Å². The lowest BCUT2D eigenvalue weighted by Gasteiger charge is -2.37. The number of benzene rings is 1. The quantitative estimate of drug-likeness (QED) is 0.0378. The average molecular weight is 1030 g/mol. The maximum absolute atomic E-state index is 14.8. The van der Waals surface area contributed by atoms with E-state index in [2.05, 4.69) is 42.2 Å². The van der Waals surface area contributed by atoms with E-state index < -0.39 is 113 Å². The number of hydrogen-bond donors (Lipinski definition) is 11. The number of carbonyl (C=O) groups excluding carboxylic acids is 10. The van der Waals surface area contributed by atoms with Gasteiger partial charge in [-0.25, -0.2) is 0 Å². The zero-order chi connectivity index (χ0) is 52.3.